The zero-order valence-electron chi connectivity index (χ0n) is 12.6. The highest BCUT2D eigenvalue weighted by atomic mass is 19.4. The van der Waals surface area contributed by atoms with Gasteiger partial charge in [0, 0.05) is 0 Å². The molecular formula is C16H12F3N4O2. The predicted octanol–water partition coefficient (Wildman–Crippen LogP) is 3.08. The Morgan fingerprint density at radius 2 is 1.60 bits per heavy atom. The molecule has 4 rings (SSSR count). The summed E-state index contributed by atoms with van der Waals surface area (Å²) in [6.45, 7) is 0. The van der Waals surface area contributed by atoms with Crippen LogP contribution in [-0.2, 0) is 6.18 Å². The van der Waals surface area contributed by atoms with Gasteiger partial charge in [-0.3, -0.25) is 4.99 Å². The highest BCUT2D eigenvalue weighted by Gasteiger charge is 2.36. The van der Waals surface area contributed by atoms with Gasteiger partial charge in [0.2, 0.25) is 5.88 Å². The lowest BCUT2D eigenvalue weighted by Gasteiger charge is -2.23. The number of hydrogen-bond acceptors (Lipinski definition) is 4. The van der Waals surface area contributed by atoms with Crippen LogP contribution in [0.3, 0.4) is 0 Å². The van der Waals surface area contributed by atoms with E-state index < -0.39 is 11.7 Å². The Kier molecular flexibility index (Phi) is 3.90. The minimum absolute atomic E-state index is 0. The lowest BCUT2D eigenvalue weighted by Crippen LogP contribution is -2.35. The van der Waals surface area contributed by atoms with E-state index in [9.17, 15) is 18.3 Å². The Morgan fingerprint density at radius 3 is 2.28 bits per heavy atom. The number of allylic oxidation sites excluding steroid dienone is 1. The van der Waals surface area contributed by atoms with Crippen molar-refractivity contribution in [2.45, 2.75) is 6.18 Å². The van der Waals surface area contributed by atoms with Crippen molar-refractivity contribution in [2.75, 3.05) is 10.0 Å². The van der Waals surface area contributed by atoms with Crippen molar-refractivity contribution in [1.82, 2.24) is 5.53 Å². The third-order valence-electron chi connectivity index (χ3n) is 3.71. The highest BCUT2D eigenvalue weighted by Crippen LogP contribution is 2.38. The summed E-state index contributed by atoms with van der Waals surface area (Å²) in [5, 5.41) is 13.0. The first-order valence-corrected chi connectivity index (χ1v) is 7.00. The van der Waals surface area contributed by atoms with Crippen LogP contribution in [0.2, 0.25) is 0 Å². The molecule has 0 bridgehead atoms. The minimum atomic E-state index is -4.41. The molecule has 2 aromatic rings. The Hall–Kier alpha value is -3.04. The van der Waals surface area contributed by atoms with Crippen molar-refractivity contribution in [3.63, 3.8) is 0 Å². The van der Waals surface area contributed by atoms with Gasteiger partial charge in [-0.15, -0.1) is 0 Å². The summed E-state index contributed by atoms with van der Waals surface area (Å²) in [5.41, 5.74) is 5.54. The Morgan fingerprint density at radius 1 is 0.920 bits per heavy atom. The van der Waals surface area contributed by atoms with Crippen LogP contribution in [-0.4, -0.2) is 16.8 Å². The summed E-state index contributed by atoms with van der Waals surface area (Å²) in [4.78, 5) is 4.24. The molecule has 1 radical (unpaired) electrons. The SMILES string of the molecule is O.OC1=C2C=Nc3ccccc3N2[N]N1c1ccc(C(F)(F)F)cc1. The van der Waals surface area contributed by atoms with Crippen LogP contribution in [0, 0.1) is 0 Å². The normalized spacial score (nSPS) is 15.8. The third-order valence-corrected chi connectivity index (χ3v) is 3.71. The Labute approximate surface area is 140 Å². The van der Waals surface area contributed by atoms with Crippen molar-refractivity contribution in [3.8, 4) is 0 Å². The Bertz CT molecular complexity index is 862. The molecule has 2 aliphatic heterocycles. The maximum Gasteiger partial charge on any atom is 0.416 e. The molecule has 0 fully saturated rings. The summed E-state index contributed by atoms with van der Waals surface area (Å²) < 4.78 is 38.0. The first kappa shape index (κ1) is 16.8. The number of aliphatic hydroxyl groups excluding tert-OH is 1. The van der Waals surface area contributed by atoms with E-state index in [1.54, 1.807) is 12.1 Å². The molecule has 2 aliphatic rings. The predicted molar refractivity (Wildman–Crippen MR) is 86.4 cm³/mol. The lowest BCUT2D eigenvalue weighted by molar-refractivity contribution is -0.137. The van der Waals surface area contributed by atoms with Crippen LogP contribution in [0.5, 0.6) is 0 Å². The number of nitrogens with zero attached hydrogens (tertiary/aromatic N) is 4. The van der Waals surface area contributed by atoms with Crippen molar-refractivity contribution in [1.29, 1.82) is 0 Å². The summed E-state index contributed by atoms with van der Waals surface area (Å²) in [7, 11) is 0. The summed E-state index contributed by atoms with van der Waals surface area (Å²) in [6, 6.07) is 11.6. The molecule has 6 nitrogen and oxygen atoms in total. The first-order valence-electron chi connectivity index (χ1n) is 7.00. The highest BCUT2D eigenvalue weighted by molar-refractivity contribution is 5.95. The van der Waals surface area contributed by atoms with Gasteiger partial charge < -0.3 is 10.6 Å². The van der Waals surface area contributed by atoms with Gasteiger partial charge in [-0.05, 0) is 41.9 Å². The van der Waals surface area contributed by atoms with E-state index in [1.807, 2.05) is 12.1 Å². The summed E-state index contributed by atoms with van der Waals surface area (Å²) in [5.74, 6) is -0.201. The average Bonchev–Trinajstić information content (AvgIpc) is 2.92. The zero-order chi connectivity index (χ0) is 16.9. The second-order valence-corrected chi connectivity index (χ2v) is 5.21. The quantitative estimate of drug-likeness (QED) is 0.858. The third kappa shape index (κ3) is 2.69. The van der Waals surface area contributed by atoms with Crippen molar-refractivity contribution in [2.24, 2.45) is 4.99 Å². The number of aliphatic hydroxyl groups is 1. The van der Waals surface area contributed by atoms with Crippen LogP contribution in [0.25, 0.3) is 0 Å². The van der Waals surface area contributed by atoms with Gasteiger partial charge in [-0.25, -0.2) is 10.0 Å². The molecule has 0 atom stereocenters. The standard InChI is InChI=1S/C16H10F3N4O.H2O/c17-16(18,19)10-5-7-11(8-6-10)22-15(24)14-9-20-12-3-1-2-4-13(12)23(14)21-22;/h1-9,24H;1H2. The molecule has 0 saturated carbocycles. The van der Waals surface area contributed by atoms with E-state index in [0.29, 0.717) is 22.8 Å². The number of para-hydroxylation sites is 2. The maximum absolute atomic E-state index is 12.7. The molecule has 3 N–H and O–H groups in total. The van der Waals surface area contributed by atoms with Gasteiger partial charge in [-0.2, -0.15) is 13.2 Å². The van der Waals surface area contributed by atoms with Crippen LogP contribution in [0.1, 0.15) is 5.56 Å². The fourth-order valence-electron chi connectivity index (χ4n) is 2.52. The molecule has 9 heteroatoms. The van der Waals surface area contributed by atoms with Crippen molar-refractivity contribution >= 4 is 23.3 Å². The largest absolute Gasteiger partial charge is 0.492 e. The zero-order valence-corrected chi connectivity index (χ0v) is 12.6. The van der Waals surface area contributed by atoms with Crippen molar-refractivity contribution in [3.05, 3.63) is 65.7 Å². The smallest absolute Gasteiger partial charge is 0.416 e. The monoisotopic (exact) mass is 349 g/mol. The number of halogens is 3. The molecule has 0 amide bonds. The van der Waals surface area contributed by atoms with Gasteiger partial charge in [-0.1, -0.05) is 12.1 Å². The van der Waals surface area contributed by atoms with Crippen LogP contribution in [0.15, 0.2) is 65.1 Å². The van der Waals surface area contributed by atoms with E-state index in [2.05, 4.69) is 10.5 Å². The van der Waals surface area contributed by atoms with E-state index in [4.69, 9.17) is 0 Å². The number of fused-ring (bicyclic) bond motifs is 3. The average molecular weight is 349 g/mol. The molecule has 129 valence electrons. The minimum Gasteiger partial charge on any atom is -0.492 e. The van der Waals surface area contributed by atoms with Crippen LogP contribution < -0.4 is 15.6 Å². The summed E-state index contributed by atoms with van der Waals surface area (Å²) >= 11 is 0. The maximum atomic E-state index is 12.7. The molecule has 0 saturated heterocycles. The molecular weight excluding hydrogens is 337 g/mol. The second kappa shape index (κ2) is 5.80. The number of rotatable bonds is 1. The molecule has 25 heavy (non-hydrogen) atoms. The molecule has 0 aromatic heterocycles. The van der Waals surface area contributed by atoms with Gasteiger partial charge >= 0.3 is 6.18 Å². The van der Waals surface area contributed by atoms with Gasteiger partial charge in [0.15, 0.2) is 0 Å². The van der Waals surface area contributed by atoms with Gasteiger partial charge in [0.05, 0.1) is 28.8 Å². The Balaban J connectivity index is 0.00000182. The van der Waals surface area contributed by atoms with E-state index in [-0.39, 0.29) is 11.4 Å². The van der Waals surface area contributed by atoms with Gasteiger partial charge in [0.1, 0.15) is 5.70 Å². The molecule has 2 heterocycles. The fourth-order valence-corrected chi connectivity index (χ4v) is 2.52. The van der Waals surface area contributed by atoms with E-state index in [0.717, 1.165) is 12.1 Å². The van der Waals surface area contributed by atoms with Gasteiger partial charge in [0.25, 0.3) is 0 Å². The van der Waals surface area contributed by atoms with Crippen molar-refractivity contribution < 1.29 is 23.8 Å². The number of anilines is 2. The first-order chi connectivity index (χ1) is 11.4. The number of aliphatic imine (C=N–C) groups is 1. The molecule has 0 aliphatic carbocycles. The van der Waals surface area contributed by atoms with Crippen LogP contribution in [0.4, 0.5) is 30.2 Å². The van der Waals surface area contributed by atoms with E-state index in [1.165, 1.54) is 28.4 Å². The number of hydrogen-bond donors (Lipinski definition) is 1. The topological polar surface area (TPSA) is 84.7 Å². The summed E-state index contributed by atoms with van der Waals surface area (Å²) in [6.07, 6.45) is -2.95. The molecule has 0 unspecified atom stereocenters. The number of benzene rings is 2. The number of alkyl halides is 3. The second-order valence-electron chi connectivity index (χ2n) is 5.21. The molecule has 0 spiro atoms. The molecule has 2 aromatic carbocycles. The lowest BCUT2D eigenvalue weighted by atomic mass is 10.2. The van der Waals surface area contributed by atoms with E-state index >= 15 is 0 Å². The van der Waals surface area contributed by atoms with Crippen LogP contribution >= 0.6 is 0 Å². The fraction of sp³-hybridized carbons (Fsp3) is 0.0625.